The smallest absolute Gasteiger partial charge is 0.267 e. The summed E-state index contributed by atoms with van der Waals surface area (Å²) >= 11 is 0. The zero-order chi connectivity index (χ0) is 17.3. The first-order valence-electron chi connectivity index (χ1n) is 8.53. The number of hydrogen-bond donors (Lipinski definition) is 2. The summed E-state index contributed by atoms with van der Waals surface area (Å²) in [5.74, 6) is 0.612. The van der Waals surface area contributed by atoms with Crippen LogP contribution < -0.4 is 10.6 Å². The predicted molar refractivity (Wildman–Crippen MR) is 91.3 cm³/mol. The summed E-state index contributed by atoms with van der Waals surface area (Å²) in [6.45, 7) is 5.62. The van der Waals surface area contributed by atoms with Crippen LogP contribution in [0.25, 0.3) is 0 Å². The van der Waals surface area contributed by atoms with E-state index < -0.39 is 10.0 Å². The highest BCUT2D eigenvalue weighted by Gasteiger charge is 2.30. The minimum absolute atomic E-state index is 0.203. The zero-order valence-electron chi connectivity index (χ0n) is 14.3. The molecule has 0 spiro atoms. The van der Waals surface area contributed by atoms with Gasteiger partial charge in [0, 0.05) is 51.9 Å². The normalized spacial score (nSPS) is 23.0. The van der Waals surface area contributed by atoms with E-state index in [1.54, 1.807) is 11.6 Å². The zero-order valence-corrected chi connectivity index (χ0v) is 15.1. The number of hydrogen-bond acceptors (Lipinski definition) is 4. The number of carbonyl (C=O) groups excluding carboxylic acids is 1. The highest BCUT2D eigenvalue weighted by atomic mass is 32.2. The molecule has 3 rings (SSSR count). The summed E-state index contributed by atoms with van der Waals surface area (Å²) < 4.78 is 28.8. The lowest BCUT2D eigenvalue weighted by atomic mass is 10.0. The summed E-state index contributed by atoms with van der Waals surface area (Å²) in [7, 11) is -1.83. The summed E-state index contributed by atoms with van der Waals surface area (Å²) in [5.41, 5.74) is 0.380. The molecule has 2 fully saturated rings. The van der Waals surface area contributed by atoms with Gasteiger partial charge in [-0.1, -0.05) is 6.92 Å². The maximum Gasteiger partial charge on any atom is 0.267 e. The van der Waals surface area contributed by atoms with Crippen molar-refractivity contribution in [3.8, 4) is 0 Å². The van der Waals surface area contributed by atoms with Gasteiger partial charge in [0.2, 0.25) is 10.0 Å². The maximum absolute atomic E-state index is 12.8. The van der Waals surface area contributed by atoms with Crippen LogP contribution in [0, 0.1) is 11.8 Å². The van der Waals surface area contributed by atoms with Crippen LogP contribution in [0.4, 0.5) is 0 Å². The van der Waals surface area contributed by atoms with Gasteiger partial charge < -0.3 is 15.2 Å². The molecule has 2 N–H and O–H groups in total. The van der Waals surface area contributed by atoms with Crippen LogP contribution in [0.5, 0.6) is 0 Å². The molecule has 1 aromatic rings. The number of sulfonamides is 1. The first-order valence-corrected chi connectivity index (χ1v) is 9.97. The molecule has 1 atom stereocenters. The Kier molecular flexibility index (Phi) is 4.98. The van der Waals surface area contributed by atoms with Crippen LogP contribution in [0.2, 0.25) is 0 Å². The highest BCUT2D eigenvalue weighted by molar-refractivity contribution is 7.89. The van der Waals surface area contributed by atoms with Crippen molar-refractivity contribution in [2.45, 2.75) is 24.7 Å². The lowest BCUT2D eigenvalue weighted by Crippen LogP contribution is -2.48. The molecule has 0 bridgehead atoms. The largest absolute Gasteiger partial charge is 0.350 e. The fourth-order valence-corrected chi connectivity index (χ4v) is 4.91. The van der Waals surface area contributed by atoms with Crippen LogP contribution in [-0.2, 0) is 17.1 Å². The van der Waals surface area contributed by atoms with Gasteiger partial charge in [-0.25, -0.2) is 8.42 Å². The second-order valence-corrected chi connectivity index (χ2v) is 8.95. The van der Waals surface area contributed by atoms with Crippen molar-refractivity contribution in [1.29, 1.82) is 0 Å². The number of nitrogens with zero attached hydrogens (tertiary/aromatic N) is 2. The third kappa shape index (κ3) is 3.50. The Hall–Kier alpha value is -1.38. The third-order valence-corrected chi connectivity index (χ3v) is 6.72. The number of amides is 1. The molecule has 8 heteroatoms. The van der Waals surface area contributed by atoms with Gasteiger partial charge in [0.05, 0.1) is 0 Å². The predicted octanol–water partition coefficient (Wildman–Crippen LogP) is 0.395. The quantitative estimate of drug-likeness (QED) is 0.802. The summed E-state index contributed by atoms with van der Waals surface area (Å²) in [4.78, 5) is 12.5. The van der Waals surface area contributed by atoms with Crippen LogP contribution in [0.15, 0.2) is 17.2 Å². The molecule has 0 radical (unpaired) electrons. The Morgan fingerprint density at radius 2 is 2.17 bits per heavy atom. The lowest BCUT2D eigenvalue weighted by Gasteiger charge is -2.29. The van der Waals surface area contributed by atoms with Crippen molar-refractivity contribution in [2.24, 2.45) is 18.9 Å². The van der Waals surface area contributed by atoms with Crippen LogP contribution in [-0.4, -0.2) is 55.9 Å². The fourth-order valence-electron chi connectivity index (χ4n) is 3.24. The minimum Gasteiger partial charge on any atom is -0.350 e. The van der Waals surface area contributed by atoms with Crippen molar-refractivity contribution < 1.29 is 13.2 Å². The molecule has 134 valence electrons. The molecule has 7 nitrogen and oxygen atoms in total. The molecule has 0 aliphatic carbocycles. The Morgan fingerprint density at radius 3 is 2.79 bits per heavy atom. The summed E-state index contributed by atoms with van der Waals surface area (Å²) in [6, 6.07) is 1.49. The molecule has 24 heavy (non-hydrogen) atoms. The van der Waals surface area contributed by atoms with Gasteiger partial charge in [-0.3, -0.25) is 4.79 Å². The van der Waals surface area contributed by atoms with Crippen molar-refractivity contribution in [1.82, 2.24) is 19.5 Å². The highest BCUT2D eigenvalue weighted by Crippen LogP contribution is 2.24. The third-order valence-electron chi connectivity index (χ3n) is 4.89. The summed E-state index contributed by atoms with van der Waals surface area (Å²) in [5, 5.41) is 6.04. The maximum atomic E-state index is 12.8. The molecular weight excluding hydrogens is 328 g/mol. The van der Waals surface area contributed by atoms with E-state index in [1.165, 1.54) is 16.6 Å². The molecule has 2 aliphatic rings. The van der Waals surface area contributed by atoms with Gasteiger partial charge in [0.25, 0.3) is 5.91 Å². The lowest BCUT2D eigenvalue weighted by molar-refractivity contribution is 0.0934. The van der Waals surface area contributed by atoms with E-state index in [1.807, 2.05) is 0 Å². The molecule has 2 aliphatic heterocycles. The second-order valence-electron chi connectivity index (χ2n) is 7.02. The number of aromatic nitrogens is 1. The minimum atomic E-state index is -3.53. The van der Waals surface area contributed by atoms with Crippen LogP contribution in [0.3, 0.4) is 0 Å². The second kappa shape index (κ2) is 6.85. The van der Waals surface area contributed by atoms with Gasteiger partial charge in [0.1, 0.15) is 10.6 Å². The van der Waals surface area contributed by atoms with Crippen LogP contribution >= 0.6 is 0 Å². The van der Waals surface area contributed by atoms with Gasteiger partial charge in [0.15, 0.2) is 0 Å². The van der Waals surface area contributed by atoms with E-state index in [2.05, 4.69) is 17.6 Å². The van der Waals surface area contributed by atoms with Crippen molar-refractivity contribution in [3.05, 3.63) is 18.0 Å². The van der Waals surface area contributed by atoms with Gasteiger partial charge in [-0.05, 0) is 24.8 Å². The molecule has 1 aromatic heterocycles. The van der Waals surface area contributed by atoms with E-state index in [4.69, 9.17) is 0 Å². The van der Waals surface area contributed by atoms with E-state index in [0.717, 1.165) is 25.9 Å². The SMILES string of the molecule is CC1CCCN(S(=O)(=O)c2cc(C(=O)NCC3CNC3)n(C)c2)C1. The number of carbonyl (C=O) groups is 1. The molecule has 3 heterocycles. The van der Waals surface area contributed by atoms with Gasteiger partial charge >= 0.3 is 0 Å². The summed E-state index contributed by atoms with van der Waals surface area (Å²) in [6.07, 6.45) is 3.48. The molecule has 1 unspecified atom stereocenters. The number of piperidine rings is 1. The van der Waals surface area contributed by atoms with Gasteiger partial charge in [-0.15, -0.1) is 0 Å². The van der Waals surface area contributed by atoms with Crippen molar-refractivity contribution in [2.75, 3.05) is 32.7 Å². The number of nitrogens with one attached hydrogen (secondary N) is 2. The molecule has 1 amide bonds. The van der Waals surface area contributed by atoms with Crippen molar-refractivity contribution >= 4 is 15.9 Å². The first kappa shape index (κ1) is 17.4. The fraction of sp³-hybridized carbons (Fsp3) is 0.688. The van der Waals surface area contributed by atoms with E-state index in [0.29, 0.717) is 37.2 Å². The van der Waals surface area contributed by atoms with Crippen LogP contribution in [0.1, 0.15) is 30.3 Å². The Labute approximate surface area is 143 Å². The topological polar surface area (TPSA) is 83.4 Å². The standard InChI is InChI=1S/C16H26N4O3S/c1-12-4-3-5-20(10-12)24(22,23)14-6-15(19(2)11-14)16(21)18-9-13-7-17-8-13/h6,11-13,17H,3-5,7-10H2,1-2H3,(H,18,21). The van der Waals surface area contributed by atoms with Gasteiger partial charge in [-0.2, -0.15) is 4.31 Å². The Bertz CT molecular complexity index is 709. The average molecular weight is 354 g/mol. The van der Waals surface area contributed by atoms with E-state index >= 15 is 0 Å². The molecule has 0 aromatic carbocycles. The van der Waals surface area contributed by atoms with E-state index in [-0.39, 0.29) is 10.8 Å². The van der Waals surface area contributed by atoms with E-state index in [9.17, 15) is 13.2 Å². The number of rotatable bonds is 5. The molecule has 2 saturated heterocycles. The average Bonchev–Trinajstić information content (AvgIpc) is 2.88. The monoisotopic (exact) mass is 354 g/mol. The first-order chi connectivity index (χ1) is 11.4. The van der Waals surface area contributed by atoms with Crippen molar-refractivity contribution in [3.63, 3.8) is 0 Å². The Balaban J connectivity index is 1.73. The molecule has 0 saturated carbocycles. The molecular formula is C16H26N4O3S. The number of aryl methyl sites for hydroxylation is 1. The Morgan fingerprint density at radius 1 is 1.42 bits per heavy atom.